The molecule has 1 aliphatic rings. The first-order valence-electron chi connectivity index (χ1n) is 11.2. The Morgan fingerprint density at radius 2 is 1.84 bits per heavy atom. The Morgan fingerprint density at radius 3 is 2.56 bits per heavy atom. The monoisotopic (exact) mass is 437 g/mol. The van der Waals surface area contributed by atoms with Crippen LogP contribution in [0.15, 0.2) is 48.5 Å². The standard InChI is InChI=1S/C26H35N3O3/c1-20(2)19-32-24-11-9-21(17-25(24)31-4)10-12-26(30)27-18-22-7-5-6-8-23(22)29-15-13-28(3)14-16-29/h5-12,17,20H,13-16,18-19H2,1-4H3,(H,27,30)/b12-10+. The minimum atomic E-state index is -0.128. The molecule has 2 aromatic rings. The number of hydrogen-bond donors (Lipinski definition) is 1. The molecule has 6 nitrogen and oxygen atoms in total. The Bertz CT molecular complexity index is 918. The highest BCUT2D eigenvalue weighted by atomic mass is 16.5. The van der Waals surface area contributed by atoms with Gasteiger partial charge in [0, 0.05) is 44.5 Å². The minimum Gasteiger partial charge on any atom is -0.493 e. The van der Waals surface area contributed by atoms with E-state index >= 15 is 0 Å². The number of carbonyl (C=O) groups excluding carboxylic acids is 1. The molecule has 32 heavy (non-hydrogen) atoms. The quantitative estimate of drug-likeness (QED) is 0.605. The van der Waals surface area contributed by atoms with Crippen molar-refractivity contribution in [2.75, 3.05) is 51.8 Å². The number of amides is 1. The van der Waals surface area contributed by atoms with Crippen LogP contribution in [0.3, 0.4) is 0 Å². The molecule has 1 aliphatic heterocycles. The summed E-state index contributed by atoms with van der Waals surface area (Å²) in [6.07, 6.45) is 3.35. The van der Waals surface area contributed by atoms with Gasteiger partial charge < -0.3 is 24.6 Å². The smallest absolute Gasteiger partial charge is 0.244 e. The molecule has 0 bridgehead atoms. The van der Waals surface area contributed by atoms with E-state index in [1.807, 2.05) is 24.3 Å². The molecule has 0 saturated carbocycles. The van der Waals surface area contributed by atoms with Crippen molar-refractivity contribution in [3.05, 3.63) is 59.7 Å². The summed E-state index contributed by atoms with van der Waals surface area (Å²) in [7, 11) is 3.77. The molecular weight excluding hydrogens is 402 g/mol. The molecule has 172 valence electrons. The molecule has 1 N–H and O–H groups in total. The van der Waals surface area contributed by atoms with Crippen LogP contribution in [0, 0.1) is 5.92 Å². The zero-order chi connectivity index (χ0) is 22.9. The molecule has 0 radical (unpaired) electrons. The van der Waals surface area contributed by atoms with Crippen LogP contribution >= 0.6 is 0 Å². The molecule has 6 heteroatoms. The molecule has 0 unspecified atom stereocenters. The number of nitrogens with zero attached hydrogens (tertiary/aromatic N) is 2. The average molecular weight is 438 g/mol. The summed E-state index contributed by atoms with van der Waals surface area (Å²) in [5, 5.41) is 3.01. The van der Waals surface area contributed by atoms with E-state index in [-0.39, 0.29) is 5.91 Å². The normalized spacial score (nSPS) is 14.7. The van der Waals surface area contributed by atoms with E-state index in [1.165, 1.54) is 5.69 Å². The maximum Gasteiger partial charge on any atom is 0.244 e. The summed E-state index contributed by atoms with van der Waals surface area (Å²) in [6, 6.07) is 14.0. The second-order valence-electron chi connectivity index (χ2n) is 8.59. The molecule has 1 amide bonds. The maximum absolute atomic E-state index is 12.4. The Hall–Kier alpha value is -2.99. The first-order chi connectivity index (χ1) is 15.5. The summed E-state index contributed by atoms with van der Waals surface area (Å²) in [5.74, 6) is 1.68. The van der Waals surface area contributed by atoms with Crippen LogP contribution < -0.4 is 19.7 Å². The Balaban J connectivity index is 1.58. The number of piperazine rings is 1. The van der Waals surface area contributed by atoms with Gasteiger partial charge >= 0.3 is 0 Å². The van der Waals surface area contributed by atoms with Gasteiger partial charge in [-0.2, -0.15) is 0 Å². The Kier molecular flexibility index (Phi) is 8.56. The van der Waals surface area contributed by atoms with E-state index in [4.69, 9.17) is 9.47 Å². The highest BCUT2D eigenvalue weighted by Crippen LogP contribution is 2.29. The number of anilines is 1. The van der Waals surface area contributed by atoms with Crippen LogP contribution in [0.2, 0.25) is 0 Å². The summed E-state index contributed by atoms with van der Waals surface area (Å²) in [4.78, 5) is 17.2. The molecule has 3 rings (SSSR count). The highest BCUT2D eigenvalue weighted by molar-refractivity contribution is 5.91. The number of benzene rings is 2. The summed E-state index contributed by atoms with van der Waals surface area (Å²) < 4.78 is 11.2. The Labute approximate surface area is 191 Å². The van der Waals surface area contributed by atoms with Crippen molar-refractivity contribution < 1.29 is 14.3 Å². The van der Waals surface area contributed by atoms with Gasteiger partial charge in [-0.25, -0.2) is 0 Å². The van der Waals surface area contributed by atoms with Gasteiger partial charge in [0.05, 0.1) is 13.7 Å². The van der Waals surface area contributed by atoms with Gasteiger partial charge in [-0.1, -0.05) is 38.1 Å². The molecule has 1 heterocycles. The summed E-state index contributed by atoms with van der Waals surface area (Å²) in [6.45, 7) is 9.43. The molecule has 0 aliphatic carbocycles. The first-order valence-corrected chi connectivity index (χ1v) is 11.2. The third-order valence-electron chi connectivity index (χ3n) is 5.48. The second kappa shape index (κ2) is 11.6. The minimum absolute atomic E-state index is 0.128. The highest BCUT2D eigenvalue weighted by Gasteiger charge is 2.16. The van der Waals surface area contributed by atoms with Gasteiger partial charge in [0.1, 0.15) is 0 Å². The van der Waals surface area contributed by atoms with Crippen molar-refractivity contribution in [1.82, 2.24) is 10.2 Å². The van der Waals surface area contributed by atoms with Crippen molar-refractivity contribution in [2.24, 2.45) is 5.92 Å². The van der Waals surface area contributed by atoms with Crippen molar-refractivity contribution in [2.45, 2.75) is 20.4 Å². The molecule has 2 aromatic carbocycles. The maximum atomic E-state index is 12.4. The number of rotatable bonds is 9. The van der Waals surface area contributed by atoms with E-state index < -0.39 is 0 Å². The second-order valence-corrected chi connectivity index (χ2v) is 8.59. The zero-order valence-electron chi connectivity index (χ0n) is 19.6. The van der Waals surface area contributed by atoms with Crippen molar-refractivity contribution >= 4 is 17.7 Å². The molecular formula is C26H35N3O3. The lowest BCUT2D eigenvalue weighted by atomic mass is 10.1. The van der Waals surface area contributed by atoms with Gasteiger partial charge in [-0.15, -0.1) is 0 Å². The fourth-order valence-corrected chi connectivity index (χ4v) is 3.59. The average Bonchev–Trinajstić information content (AvgIpc) is 2.81. The van der Waals surface area contributed by atoms with E-state index in [2.05, 4.69) is 54.2 Å². The Morgan fingerprint density at radius 1 is 1.09 bits per heavy atom. The van der Waals surface area contributed by atoms with E-state index in [0.717, 1.165) is 37.3 Å². The number of methoxy groups -OCH3 is 1. The number of para-hydroxylation sites is 1. The molecule has 0 atom stereocenters. The van der Waals surface area contributed by atoms with Crippen molar-refractivity contribution in [3.8, 4) is 11.5 Å². The SMILES string of the molecule is COc1cc(/C=C/C(=O)NCc2ccccc2N2CCN(C)CC2)ccc1OCC(C)C. The lowest BCUT2D eigenvalue weighted by Gasteiger charge is -2.35. The predicted molar refractivity (Wildman–Crippen MR) is 130 cm³/mol. The topological polar surface area (TPSA) is 54.0 Å². The van der Waals surface area contributed by atoms with E-state index in [1.54, 1.807) is 19.3 Å². The molecule has 0 aromatic heterocycles. The third kappa shape index (κ3) is 6.76. The number of likely N-dealkylation sites (N-methyl/N-ethyl adjacent to an activating group) is 1. The van der Waals surface area contributed by atoms with Crippen LogP contribution in [-0.4, -0.2) is 57.8 Å². The number of ether oxygens (including phenoxy) is 2. The van der Waals surface area contributed by atoms with Gasteiger partial charge in [0.25, 0.3) is 0 Å². The van der Waals surface area contributed by atoms with Crippen LogP contribution in [0.1, 0.15) is 25.0 Å². The van der Waals surface area contributed by atoms with Gasteiger partial charge in [0.2, 0.25) is 5.91 Å². The first kappa shape index (κ1) is 23.7. The van der Waals surface area contributed by atoms with Gasteiger partial charge in [-0.3, -0.25) is 4.79 Å². The number of carbonyl (C=O) groups is 1. The molecule has 0 spiro atoms. The van der Waals surface area contributed by atoms with E-state index in [0.29, 0.717) is 30.6 Å². The lowest BCUT2D eigenvalue weighted by molar-refractivity contribution is -0.116. The summed E-state index contributed by atoms with van der Waals surface area (Å²) in [5.41, 5.74) is 3.21. The van der Waals surface area contributed by atoms with Gasteiger partial charge in [0.15, 0.2) is 11.5 Å². The lowest BCUT2D eigenvalue weighted by Crippen LogP contribution is -2.45. The van der Waals surface area contributed by atoms with Crippen molar-refractivity contribution in [3.63, 3.8) is 0 Å². The predicted octanol–water partition coefficient (Wildman–Crippen LogP) is 3.81. The largest absolute Gasteiger partial charge is 0.493 e. The van der Waals surface area contributed by atoms with Gasteiger partial charge in [-0.05, 0) is 48.4 Å². The number of hydrogen-bond acceptors (Lipinski definition) is 5. The zero-order valence-corrected chi connectivity index (χ0v) is 19.6. The van der Waals surface area contributed by atoms with Crippen LogP contribution in [0.5, 0.6) is 11.5 Å². The van der Waals surface area contributed by atoms with Crippen LogP contribution in [0.25, 0.3) is 6.08 Å². The summed E-state index contributed by atoms with van der Waals surface area (Å²) >= 11 is 0. The molecule has 1 saturated heterocycles. The van der Waals surface area contributed by atoms with Crippen LogP contribution in [-0.2, 0) is 11.3 Å². The third-order valence-corrected chi connectivity index (χ3v) is 5.48. The molecule has 1 fully saturated rings. The van der Waals surface area contributed by atoms with E-state index in [9.17, 15) is 4.79 Å². The number of nitrogens with one attached hydrogen (secondary N) is 1. The fourth-order valence-electron chi connectivity index (χ4n) is 3.59. The van der Waals surface area contributed by atoms with Crippen LogP contribution in [0.4, 0.5) is 5.69 Å². The fraction of sp³-hybridized carbons (Fsp3) is 0.423. The van der Waals surface area contributed by atoms with Crippen molar-refractivity contribution in [1.29, 1.82) is 0 Å².